The molecule has 0 aliphatic heterocycles. The molecule has 210 valence electrons. The number of carbonyl (C=O) groups is 2. The van der Waals surface area contributed by atoms with Gasteiger partial charge in [0.15, 0.2) is 12.4 Å². The van der Waals surface area contributed by atoms with Gasteiger partial charge >= 0.3 is 6.11 Å². The number of hydrogen-bond donors (Lipinski definition) is 2. The maximum absolute atomic E-state index is 14.1. The molecule has 2 rings (SSSR count). The fourth-order valence-electron chi connectivity index (χ4n) is 2.99. The summed E-state index contributed by atoms with van der Waals surface area (Å²) in [6.07, 6.45) is -3.59. The number of alkyl halides is 2. The highest BCUT2D eigenvalue weighted by Crippen LogP contribution is 2.23. The van der Waals surface area contributed by atoms with Gasteiger partial charge in [0.25, 0.3) is 0 Å². The van der Waals surface area contributed by atoms with Crippen molar-refractivity contribution in [2.24, 2.45) is 5.73 Å². The van der Waals surface area contributed by atoms with Gasteiger partial charge < -0.3 is 39.3 Å². The van der Waals surface area contributed by atoms with Crippen LogP contribution in [-0.4, -0.2) is 95.6 Å². The molecule has 0 bridgehead atoms. The van der Waals surface area contributed by atoms with Gasteiger partial charge in [-0.15, -0.1) is 0 Å². The number of primary amides is 1. The Morgan fingerprint density at radius 3 is 1.74 bits per heavy atom. The summed E-state index contributed by atoms with van der Waals surface area (Å²) in [4.78, 5) is 23.9. The van der Waals surface area contributed by atoms with E-state index < -0.39 is 24.4 Å². The molecule has 0 radical (unpaired) electrons. The molecule has 12 heteroatoms. The lowest BCUT2D eigenvalue weighted by atomic mass is 10.0. The lowest BCUT2D eigenvalue weighted by Gasteiger charge is -2.18. The van der Waals surface area contributed by atoms with E-state index in [9.17, 15) is 18.4 Å². The monoisotopic (exact) mass is 541 g/mol. The minimum atomic E-state index is -3.59. The molecule has 0 aromatic heterocycles. The molecule has 2 aromatic rings. The number of rotatable bonds is 21. The number of aliphatic hydroxyl groups excluding tert-OH is 1. The number of ether oxygens (including phenoxy) is 6. The van der Waals surface area contributed by atoms with Crippen molar-refractivity contribution in [1.82, 2.24) is 0 Å². The average molecular weight is 542 g/mol. The van der Waals surface area contributed by atoms with Crippen LogP contribution >= 0.6 is 0 Å². The van der Waals surface area contributed by atoms with Crippen LogP contribution in [0.2, 0.25) is 0 Å². The first kappa shape index (κ1) is 31.2. The highest BCUT2D eigenvalue weighted by molar-refractivity contribution is 6.10. The topological polar surface area (TPSA) is 136 Å². The molecule has 0 fully saturated rings. The molecule has 0 aliphatic carbocycles. The van der Waals surface area contributed by atoms with Crippen molar-refractivity contribution in [3.63, 3.8) is 0 Å². The molecule has 0 spiro atoms. The summed E-state index contributed by atoms with van der Waals surface area (Å²) in [6.45, 7) is 1.48. The fraction of sp³-hybridized carbons (Fsp3) is 0.462. The standard InChI is InChI=1S/C26H33F2NO9/c27-26(28,19-37-17-16-36-15-14-35-13-12-34-11-10-33-9-8-30)38-23-6-4-20(5-7-23)24(31)21-2-1-3-22(18-21)25(29)32/h1-7,18,30H,8-17,19H2,(H2,29,32). The van der Waals surface area contributed by atoms with Crippen molar-refractivity contribution in [3.8, 4) is 5.75 Å². The summed E-state index contributed by atoms with van der Waals surface area (Å²) in [5, 5.41) is 8.55. The predicted molar refractivity (Wildman–Crippen MR) is 132 cm³/mol. The van der Waals surface area contributed by atoms with Gasteiger partial charge in [0, 0.05) is 16.7 Å². The van der Waals surface area contributed by atoms with Gasteiger partial charge in [0.05, 0.1) is 66.1 Å². The van der Waals surface area contributed by atoms with E-state index in [1.807, 2.05) is 0 Å². The van der Waals surface area contributed by atoms with E-state index in [4.69, 9.17) is 34.5 Å². The number of ketones is 1. The first-order valence-electron chi connectivity index (χ1n) is 11.9. The summed E-state index contributed by atoms with van der Waals surface area (Å²) >= 11 is 0. The SMILES string of the molecule is NC(=O)c1cccc(C(=O)c2ccc(OC(F)(F)COCCOCCOCCOCCOCCO)cc2)c1. The number of aliphatic hydroxyl groups is 1. The zero-order valence-electron chi connectivity index (χ0n) is 20.9. The molecule has 0 aliphatic rings. The first-order valence-corrected chi connectivity index (χ1v) is 11.9. The second kappa shape index (κ2) is 17.5. The van der Waals surface area contributed by atoms with E-state index >= 15 is 0 Å². The summed E-state index contributed by atoms with van der Waals surface area (Å²) in [5.74, 6) is -1.20. The van der Waals surface area contributed by atoms with Crippen molar-refractivity contribution in [1.29, 1.82) is 0 Å². The van der Waals surface area contributed by atoms with Gasteiger partial charge in [0.1, 0.15) is 5.75 Å². The lowest BCUT2D eigenvalue weighted by Crippen LogP contribution is -2.31. The Labute approximate surface area is 219 Å². The van der Waals surface area contributed by atoms with Crippen LogP contribution < -0.4 is 10.5 Å². The Morgan fingerprint density at radius 2 is 1.21 bits per heavy atom. The van der Waals surface area contributed by atoms with Crippen LogP contribution in [0, 0.1) is 0 Å². The minimum Gasteiger partial charge on any atom is -0.431 e. The van der Waals surface area contributed by atoms with E-state index in [1.54, 1.807) is 0 Å². The van der Waals surface area contributed by atoms with Crippen molar-refractivity contribution < 1.29 is 51.9 Å². The molecule has 38 heavy (non-hydrogen) atoms. The molecular weight excluding hydrogens is 508 g/mol. The zero-order valence-corrected chi connectivity index (χ0v) is 20.9. The van der Waals surface area contributed by atoms with E-state index in [2.05, 4.69) is 4.74 Å². The van der Waals surface area contributed by atoms with E-state index in [-0.39, 0.29) is 55.5 Å². The minimum absolute atomic E-state index is 0.0251. The number of hydrogen-bond acceptors (Lipinski definition) is 9. The number of halogens is 2. The van der Waals surface area contributed by atoms with Gasteiger partial charge in [-0.05, 0) is 36.4 Å². The third-order valence-electron chi connectivity index (χ3n) is 4.79. The maximum Gasteiger partial charge on any atom is 0.421 e. The second-order valence-corrected chi connectivity index (χ2v) is 7.76. The van der Waals surface area contributed by atoms with Crippen LogP contribution in [0.5, 0.6) is 5.75 Å². The van der Waals surface area contributed by atoms with E-state index in [0.29, 0.717) is 33.0 Å². The first-order chi connectivity index (χ1) is 18.3. The summed E-state index contributed by atoms with van der Waals surface area (Å²) in [7, 11) is 0. The van der Waals surface area contributed by atoms with Crippen LogP contribution in [0.4, 0.5) is 8.78 Å². The highest BCUT2D eigenvalue weighted by Gasteiger charge is 2.32. The lowest BCUT2D eigenvalue weighted by molar-refractivity contribution is -0.213. The van der Waals surface area contributed by atoms with E-state index in [1.165, 1.54) is 48.5 Å². The Kier molecular flexibility index (Phi) is 14.4. The third-order valence-corrected chi connectivity index (χ3v) is 4.79. The molecule has 0 heterocycles. The van der Waals surface area contributed by atoms with Gasteiger partial charge in [-0.2, -0.15) is 8.78 Å². The molecule has 2 aromatic carbocycles. The fourth-order valence-corrected chi connectivity index (χ4v) is 2.99. The second-order valence-electron chi connectivity index (χ2n) is 7.76. The summed E-state index contributed by atoms with van der Waals surface area (Å²) < 4.78 is 58.6. The molecule has 0 atom stereocenters. The summed E-state index contributed by atoms with van der Waals surface area (Å²) in [5.41, 5.74) is 5.90. The quantitative estimate of drug-likeness (QED) is 0.180. The van der Waals surface area contributed by atoms with E-state index in [0.717, 1.165) is 0 Å². The molecule has 0 saturated heterocycles. The van der Waals surface area contributed by atoms with Crippen molar-refractivity contribution in [2.45, 2.75) is 6.11 Å². The number of nitrogens with two attached hydrogens (primary N) is 1. The molecule has 0 saturated carbocycles. The number of benzene rings is 2. The average Bonchev–Trinajstić information content (AvgIpc) is 2.90. The van der Waals surface area contributed by atoms with Gasteiger partial charge in [-0.3, -0.25) is 9.59 Å². The predicted octanol–water partition coefficient (Wildman–Crippen LogP) is 2.06. The largest absolute Gasteiger partial charge is 0.431 e. The Hall–Kier alpha value is -3.00. The number of carbonyl (C=O) groups excluding carboxylic acids is 2. The van der Waals surface area contributed by atoms with Crippen LogP contribution in [-0.2, 0) is 23.7 Å². The van der Waals surface area contributed by atoms with Crippen molar-refractivity contribution in [2.75, 3.05) is 72.7 Å². The van der Waals surface area contributed by atoms with Gasteiger partial charge in [-0.25, -0.2) is 0 Å². The summed E-state index contributed by atoms with van der Waals surface area (Å²) in [6, 6.07) is 11.1. The highest BCUT2D eigenvalue weighted by atomic mass is 19.3. The maximum atomic E-state index is 14.1. The third kappa shape index (κ3) is 12.5. The van der Waals surface area contributed by atoms with Crippen molar-refractivity contribution in [3.05, 3.63) is 65.2 Å². The zero-order chi connectivity index (χ0) is 27.6. The molecule has 0 unspecified atom stereocenters. The molecule has 10 nitrogen and oxygen atoms in total. The van der Waals surface area contributed by atoms with Crippen LogP contribution in [0.15, 0.2) is 48.5 Å². The Bertz CT molecular complexity index is 973. The molecular formula is C26H33F2NO9. The number of amides is 1. The molecule has 3 N–H and O–H groups in total. The van der Waals surface area contributed by atoms with Crippen LogP contribution in [0.1, 0.15) is 26.3 Å². The van der Waals surface area contributed by atoms with Crippen LogP contribution in [0.3, 0.4) is 0 Å². The van der Waals surface area contributed by atoms with Gasteiger partial charge in [0.2, 0.25) is 5.91 Å². The van der Waals surface area contributed by atoms with Crippen molar-refractivity contribution >= 4 is 11.7 Å². The van der Waals surface area contributed by atoms with Gasteiger partial charge in [-0.1, -0.05) is 12.1 Å². The molecule has 1 amide bonds. The Morgan fingerprint density at radius 1 is 0.711 bits per heavy atom. The Balaban J connectivity index is 1.58. The van der Waals surface area contributed by atoms with Crippen LogP contribution in [0.25, 0.3) is 0 Å². The smallest absolute Gasteiger partial charge is 0.421 e. The normalized spacial score (nSPS) is 11.4.